The number of rotatable bonds is 4. The molecule has 3 nitrogen and oxygen atoms in total. The summed E-state index contributed by atoms with van der Waals surface area (Å²) < 4.78 is 34.7. The van der Waals surface area contributed by atoms with Gasteiger partial charge in [-0.25, -0.2) is 13.8 Å². The molecule has 1 unspecified atom stereocenters. The molecule has 0 amide bonds. The van der Waals surface area contributed by atoms with E-state index in [0.29, 0.717) is 18.1 Å². The molecular weight excluding hydrogens is 454 g/mol. The highest BCUT2D eigenvalue weighted by atomic mass is 19.3. The third-order valence-electron chi connectivity index (χ3n) is 7.40. The van der Waals surface area contributed by atoms with Crippen LogP contribution in [0.5, 0.6) is 0 Å². The third-order valence-corrected chi connectivity index (χ3v) is 7.40. The van der Waals surface area contributed by atoms with E-state index in [1.54, 1.807) is 0 Å². The molecule has 0 radical (unpaired) electrons. The zero-order valence-corrected chi connectivity index (χ0v) is 21.2. The summed E-state index contributed by atoms with van der Waals surface area (Å²) in [7, 11) is 0. The Hall–Kier alpha value is -3.34. The second-order valence-corrected chi connectivity index (χ2v) is 10.9. The van der Waals surface area contributed by atoms with Gasteiger partial charge < -0.3 is 4.42 Å². The molecule has 0 aliphatic heterocycles. The first-order valence-corrected chi connectivity index (χ1v) is 12.8. The van der Waals surface area contributed by atoms with Gasteiger partial charge in [-0.05, 0) is 85.4 Å². The minimum absolute atomic E-state index is 0.0469. The van der Waals surface area contributed by atoms with Gasteiger partial charge in [0.15, 0.2) is 0 Å². The molecule has 6 rings (SSSR count). The second kappa shape index (κ2) is 8.36. The van der Waals surface area contributed by atoms with Gasteiger partial charge in [-0.15, -0.1) is 0 Å². The van der Waals surface area contributed by atoms with Crippen molar-refractivity contribution in [3.05, 3.63) is 71.0 Å². The maximum Gasteiger partial charge on any atom is 0.248 e. The van der Waals surface area contributed by atoms with E-state index in [2.05, 4.69) is 56.1 Å². The van der Waals surface area contributed by atoms with Crippen molar-refractivity contribution >= 4 is 32.8 Å². The van der Waals surface area contributed by atoms with Gasteiger partial charge in [-0.1, -0.05) is 32.0 Å². The largest absolute Gasteiger partial charge is 0.437 e. The molecule has 2 aromatic carbocycles. The molecule has 0 saturated heterocycles. The maximum atomic E-state index is 14.2. The molecule has 1 aliphatic carbocycles. The molecular formula is C31H30F2N2O. The number of hydrogen-bond donors (Lipinski definition) is 0. The lowest BCUT2D eigenvalue weighted by Gasteiger charge is -2.18. The topological polar surface area (TPSA) is 38.9 Å². The number of fused-ring (bicyclic) bond motifs is 4. The molecule has 3 heterocycles. The van der Waals surface area contributed by atoms with Crippen LogP contribution < -0.4 is 0 Å². The highest BCUT2D eigenvalue weighted by Crippen LogP contribution is 2.47. The van der Waals surface area contributed by atoms with Crippen molar-refractivity contribution < 1.29 is 13.2 Å². The number of halogens is 2. The van der Waals surface area contributed by atoms with Gasteiger partial charge in [0.25, 0.3) is 0 Å². The van der Waals surface area contributed by atoms with E-state index < -0.39 is 5.92 Å². The molecule has 3 aromatic heterocycles. The Morgan fingerprint density at radius 1 is 0.972 bits per heavy atom. The smallest absolute Gasteiger partial charge is 0.248 e. The van der Waals surface area contributed by atoms with Crippen LogP contribution in [-0.2, 0) is 6.42 Å². The Bertz CT molecular complexity index is 1630. The summed E-state index contributed by atoms with van der Waals surface area (Å²) in [6.45, 7) is 8.38. The Labute approximate surface area is 209 Å². The normalized spacial score (nSPS) is 17.7. The van der Waals surface area contributed by atoms with E-state index >= 15 is 0 Å². The summed E-state index contributed by atoms with van der Waals surface area (Å²) >= 11 is 0. The Morgan fingerprint density at radius 3 is 2.56 bits per heavy atom. The highest BCUT2D eigenvalue weighted by Gasteiger charge is 2.40. The summed E-state index contributed by atoms with van der Waals surface area (Å²) in [4.78, 5) is 9.78. The number of aryl methyl sites for hydroxylation is 2. The van der Waals surface area contributed by atoms with Crippen molar-refractivity contribution in [2.45, 2.75) is 65.2 Å². The highest BCUT2D eigenvalue weighted by molar-refractivity contribution is 6.11. The zero-order valence-electron chi connectivity index (χ0n) is 21.2. The average Bonchev–Trinajstić information content (AvgIpc) is 3.36. The molecule has 184 valence electrons. The molecule has 0 N–H and O–H groups in total. The zero-order chi connectivity index (χ0) is 25.2. The first-order chi connectivity index (χ1) is 17.2. The van der Waals surface area contributed by atoms with Crippen molar-refractivity contribution in [2.75, 3.05) is 0 Å². The maximum absolute atomic E-state index is 14.2. The minimum atomic E-state index is -2.59. The first-order valence-electron chi connectivity index (χ1n) is 12.8. The monoisotopic (exact) mass is 484 g/mol. The van der Waals surface area contributed by atoms with Crippen LogP contribution in [0.3, 0.4) is 0 Å². The molecule has 1 atom stereocenters. The van der Waals surface area contributed by atoms with Crippen LogP contribution in [0.1, 0.15) is 61.5 Å². The average molecular weight is 485 g/mol. The van der Waals surface area contributed by atoms with Crippen LogP contribution in [0.15, 0.2) is 52.9 Å². The number of benzene rings is 2. The van der Waals surface area contributed by atoms with Crippen LogP contribution in [0.4, 0.5) is 8.78 Å². The van der Waals surface area contributed by atoms with E-state index in [1.807, 2.05) is 25.1 Å². The van der Waals surface area contributed by atoms with Gasteiger partial charge in [0, 0.05) is 46.0 Å². The standard InChI is InChI=1S/C31H30F2N2O/c1-17(2)12-21-15-25-22(20-10-11-31(32,33)16-20)6-5-7-23(25)28(35-21)27-14-18(3)13-26-24-9-8-19(4)34-30(24)36-29(26)27/h5-9,13-15,17,20H,10-12,16H2,1-4H3. The lowest BCUT2D eigenvalue weighted by atomic mass is 9.89. The number of nitrogens with zero attached hydrogens (tertiary/aromatic N) is 2. The minimum Gasteiger partial charge on any atom is -0.437 e. The van der Waals surface area contributed by atoms with Gasteiger partial charge in [-0.2, -0.15) is 0 Å². The predicted molar refractivity (Wildman–Crippen MR) is 142 cm³/mol. The van der Waals surface area contributed by atoms with E-state index in [9.17, 15) is 8.78 Å². The van der Waals surface area contributed by atoms with E-state index in [1.165, 1.54) is 0 Å². The van der Waals surface area contributed by atoms with Crippen molar-refractivity contribution in [1.29, 1.82) is 0 Å². The van der Waals surface area contributed by atoms with E-state index in [-0.39, 0.29) is 18.8 Å². The van der Waals surface area contributed by atoms with Crippen molar-refractivity contribution in [3.8, 4) is 11.3 Å². The fraction of sp³-hybridized carbons (Fsp3) is 0.355. The number of aromatic nitrogens is 2. The van der Waals surface area contributed by atoms with Crippen molar-refractivity contribution in [1.82, 2.24) is 9.97 Å². The quantitative estimate of drug-likeness (QED) is 0.256. The lowest BCUT2D eigenvalue weighted by Crippen LogP contribution is -2.09. The molecule has 0 bridgehead atoms. The van der Waals surface area contributed by atoms with Gasteiger partial charge in [0.05, 0.1) is 5.69 Å². The molecule has 0 spiro atoms. The summed E-state index contributed by atoms with van der Waals surface area (Å²) in [6, 6.07) is 16.5. The van der Waals surface area contributed by atoms with Crippen LogP contribution >= 0.6 is 0 Å². The van der Waals surface area contributed by atoms with Gasteiger partial charge in [0.2, 0.25) is 11.6 Å². The van der Waals surface area contributed by atoms with Crippen LogP contribution in [0.2, 0.25) is 0 Å². The van der Waals surface area contributed by atoms with Crippen LogP contribution in [0.25, 0.3) is 44.1 Å². The Morgan fingerprint density at radius 2 is 1.81 bits per heavy atom. The summed E-state index contributed by atoms with van der Waals surface area (Å²) in [6.07, 6.45) is 1.18. The SMILES string of the molecule is Cc1cc(-c2nc(CC(C)C)cc3c(C4CCC(F)(F)C4)cccc23)c2oc3nc(C)ccc3c2c1. The Balaban J connectivity index is 1.65. The number of hydrogen-bond acceptors (Lipinski definition) is 3. The third kappa shape index (κ3) is 3.95. The van der Waals surface area contributed by atoms with Crippen LogP contribution in [-0.4, -0.2) is 15.9 Å². The van der Waals surface area contributed by atoms with Gasteiger partial charge in [-0.3, -0.25) is 4.98 Å². The number of alkyl halides is 2. The lowest BCUT2D eigenvalue weighted by molar-refractivity contribution is 0.00780. The molecule has 5 heteroatoms. The first kappa shape index (κ1) is 23.1. The van der Waals surface area contributed by atoms with E-state index in [4.69, 9.17) is 9.40 Å². The Kier molecular flexibility index (Phi) is 5.36. The van der Waals surface area contributed by atoms with E-state index in [0.717, 1.165) is 67.3 Å². The van der Waals surface area contributed by atoms with Crippen molar-refractivity contribution in [3.63, 3.8) is 0 Å². The molecule has 1 saturated carbocycles. The predicted octanol–water partition coefficient (Wildman–Crippen LogP) is 8.91. The summed E-state index contributed by atoms with van der Waals surface area (Å²) in [5, 5.41) is 4.01. The second-order valence-electron chi connectivity index (χ2n) is 10.9. The molecule has 5 aromatic rings. The summed E-state index contributed by atoms with van der Waals surface area (Å²) in [5.41, 5.74) is 7.14. The van der Waals surface area contributed by atoms with Crippen molar-refractivity contribution in [2.24, 2.45) is 5.92 Å². The summed E-state index contributed by atoms with van der Waals surface area (Å²) in [5.74, 6) is -2.32. The van der Waals surface area contributed by atoms with Gasteiger partial charge >= 0.3 is 0 Å². The fourth-order valence-electron chi connectivity index (χ4n) is 5.82. The molecule has 1 aliphatic rings. The molecule has 1 fully saturated rings. The fourth-order valence-corrected chi connectivity index (χ4v) is 5.82. The molecule has 36 heavy (non-hydrogen) atoms. The number of furan rings is 1. The van der Waals surface area contributed by atoms with Gasteiger partial charge in [0.1, 0.15) is 5.58 Å². The van der Waals surface area contributed by atoms with Crippen LogP contribution in [0, 0.1) is 19.8 Å². The number of pyridine rings is 2.